The Morgan fingerprint density at radius 3 is 2.53 bits per heavy atom. The number of unbranched alkanes of at least 4 members (excludes halogenated alkanes) is 4. The first-order valence-corrected chi connectivity index (χ1v) is 11.5. The second-order valence-corrected chi connectivity index (χ2v) is 8.39. The fourth-order valence-corrected chi connectivity index (χ4v) is 4.42. The number of carbonyl (C=O) groups is 3. The second-order valence-electron chi connectivity index (χ2n) is 8.39. The van der Waals surface area contributed by atoms with Gasteiger partial charge in [-0.3, -0.25) is 14.4 Å². The Labute approximate surface area is 179 Å². The highest BCUT2D eigenvalue weighted by molar-refractivity contribution is 5.80. The maximum absolute atomic E-state index is 12.1. The van der Waals surface area contributed by atoms with Crippen LogP contribution in [-0.4, -0.2) is 48.3 Å². The van der Waals surface area contributed by atoms with Gasteiger partial charge in [0.1, 0.15) is 0 Å². The van der Waals surface area contributed by atoms with Gasteiger partial charge in [-0.2, -0.15) is 0 Å². The summed E-state index contributed by atoms with van der Waals surface area (Å²) in [6.07, 6.45) is 13.6. The molecule has 7 nitrogen and oxygen atoms in total. The SMILES string of the molecule is CCCCCCC(=O)OCC(=O)NCC1[C@@H](C/C=C\CCCC(=O)O)[C@@H]2CC[C@H]1O2. The zero-order chi connectivity index (χ0) is 21.8. The van der Waals surface area contributed by atoms with Gasteiger partial charge in [-0.05, 0) is 44.4 Å². The van der Waals surface area contributed by atoms with Crippen LogP contribution in [0.4, 0.5) is 0 Å². The van der Waals surface area contributed by atoms with Crippen LogP contribution in [-0.2, 0) is 23.9 Å². The third-order valence-corrected chi connectivity index (χ3v) is 6.06. The van der Waals surface area contributed by atoms with Crippen LogP contribution in [0, 0.1) is 11.8 Å². The standard InChI is InChI=1S/C23H37NO6/c1-2-3-4-9-12-23(28)29-16-21(25)24-15-18-17(19-13-14-20(18)30-19)10-7-5-6-8-11-22(26)27/h5,7,17-20H,2-4,6,8-16H2,1H3,(H,24,25)(H,26,27)/b7-5-/t17-,18?,19+,20-/m1/s1. The van der Waals surface area contributed by atoms with E-state index < -0.39 is 5.97 Å². The minimum Gasteiger partial charge on any atom is -0.481 e. The lowest BCUT2D eigenvalue weighted by Crippen LogP contribution is -2.39. The number of esters is 1. The predicted molar refractivity (Wildman–Crippen MR) is 113 cm³/mol. The van der Waals surface area contributed by atoms with Crippen molar-refractivity contribution in [3.8, 4) is 0 Å². The Balaban J connectivity index is 1.66. The summed E-state index contributed by atoms with van der Waals surface area (Å²) < 4.78 is 11.1. The van der Waals surface area contributed by atoms with Gasteiger partial charge in [0.25, 0.3) is 5.91 Å². The molecule has 2 saturated heterocycles. The maximum Gasteiger partial charge on any atom is 0.306 e. The van der Waals surface area contributed by atoms with Gasteiger partial charge in [-0.15, -0.1) is 0 Å². The fourth-order valence-electron chi connectivity index (χ4n) is 4.42. The topological polar surface area (TPSA) is 102 Å². The number of allylic oxidation sites excluding steroid dienone is 2. The van der Waals surface area contributed by atoms with Crippen LogP contribution in [0.25, 0.3) is 0 Å². The number of nitrogens with one attached hydrogen (secondary N) is 1. The lowest BCUT2D eigenvalue weighted by atomic mass is 9.77. The molecule has 7 heteroatoms. The molecule has 2 N–H and O–H groups in total. The van der Waals surface area contributed by atoms with Gasteiger partial charge in [-0.25, -0.2) is 0 Å². The van der Waals surface area contributed by atoms with E-state index in [1.807, 2.05) is 6.08 Å². The molecular weight excluding hydrogens is 386 g/mol. The van der Waals surface area contributed by atoms with Crippen molar-refractivity contribution >= 4 is 17.8 Å². The summed E-state index contributed by atoms with van der Waals surface area (Å²) in [7, 11) is 0. The van der Waals surface area contributed by atoms with Crippen molar-refractivity contribution in [2.45, 2.75) is 89.8 Å². The molecule has 0 aliphatic carbocycles. The molecule has 0 spiro atoms. The van der Waals surface area contributed by atoms with Gasteiger partial charge in [0.2, 0.25) is 0 Å². The Morgan fingerprint density at radius 2 is 1.80 bits per heavy atom. The molecule has 0 aromatic heterocycles. The first kappa shape index (κ1) is 24.4. The highest BCUT2D eigenvalue weighted by atomic mass is 16.5. The minimum atomic E-state index is -0.761. The van der Waals surface area contributed by atoms with E-state index in [1.165, 1.54) is 0 Å². The van der Waals surface area contributed by atoms with E-state index in [1.54, 1.807) is 0 Å². The number of carbonyl (C=O) groups excluding carboxylic acids is 2. The van der Waals surface area contributed by atoms with E-state index in [0.29, 0.717) is 25.3 Å². The van der Waals surface area contributed by atoms with Crippen molar-refractivity contribution in [2.75, 3.05) is 13.2 Å². The smallest absolute Gasteiger partial charge is 0.306 e. The van der Waals surface area contributed by atoms with Crippen LogP contribution < -0.4 is 5.32 Å². The zero-order valence-corrected chi connectivity index (χ0v) is 18.1. The zero-order valence-electron chi connectivity index (χ0n) is 18.1. The number of rotatable bonds is 15. The van der Waals surface area contributed by atoms with E-state index in [0.717, 1.165) is 51.4 Å². The Kier molecular flexibility index (Phi) is 10.9. The van der Waals surface area contributed by atoms with E-state index in [-0.39, 0.29) is 43.0 Å². The average Bonchev–Trinajstić information content (AvgIpc) is 3.32. The molecule has 1 unspecified atom stereocenters. The van der Waals surface area contributed by atoms with Crippen molar-refractivity contribution in [1.29, 1.82) is 0 Å². The molecule has 30 heavy (non-hydrogen) atoms. The van der Waals surface area contributed by atoms with Crippen molar-refractivity contribution in [3.05, 3.63) is 12.2 Å². The molecule has 170 valence electrons. The Morgan fingerprint density at radius 1 is 1.03 bits per heavy atom. The first-order chi connectivity index (χ1) is 14.5. The molecule has 0 saturated carbocycles. The number of carboxylic acid groups (broad SMARTS) is 1. The molecule has 2 fully saturated rings. The highest BCUT2D eigenvalue weighted by Crippen LogP contribution is 2.44. The molecule has 2 aliphatic rings. The van der Waals surface area contributed by atoms with Gasteiger partial charge in [-0.1, -0.05) is 38.3 Å². The molecule has 0 aromatic carbocycles. The van der Waals surface area contributed by atoms with E-state index >= 15 is 0 Å². The van der Waals surface area contributed by atoms with E-state index in [4.69, 9.17) is 14.6 Å². The van der Waals surface area contributed by atoms with Gasteiger partial charge in [0.15, 0.2) is 6.61 Å². The summed E-state index contributed by atoms with van der Waals surface area (Å²) in [5.41, 5.74) is 0. The highest BCUT2D eigenvalue weighted by Gasteiger charge is 2.47. The largest absolute Gasteiger partial charge is 0.481 e. The van der Waals surface area contributed by atoms with Gasteiger partial charge >= 0.3 is 11.9 Å². The quantitative estimate of drug-likeness (QED) is 0.237. The second kappa shape index (κ2) is 13.4. The number of ether oxygens (including phenoxy) is 2. The minimum absolute atomic E-state index is 0.182. The van der Waals surface area contributed by atoms with Crippen molar-refractivity contribution in [1.82, 2.24) is 5.32 Å². The van der Waals surface area contributed by atoms with Crippen molar-refractivity contribution < 1.29 is 29.0 Å². The number of aliphatic carboxylic acids is 1. The molecule has 1 amide bonds. The van der Waals surface area contributed by atoms with Crippen LogP contribution in [0.3, 0.4) is 0 Å². The summed E-state index contributed by atoms with van der Waals surface area (Å²) in [5.74, 6) is -0.706. The van der Waals surface area contributed by atoms with Gasteiger partial charge in [0.05, 0.1) is 12.2 Å². The average molecular weight is 424 g/mol. The van der Waals surface area contributed by atoms with Crippen LogP contribution in [0.2, 0.25) is 0 Å². The summed E-state index contributed by atoms with van der Waals surface area (Å²) in [6, 6.07) is 0. The number of fused-ring (bicyclic) bond motifs is 2. The first-order valence-electron chi connectivity index (χ1n) is 11.5. The maximum atomic E-state index is 12.1. The van der Waals surface area contributed by atoms with Crippen molar-refractivity contribution in [2.24, 2.45) is 11.8 Å². The predicted octanol–water partition coefficient (Wildman–Crippen LogP) is 3.61. The van der Waals surface area contributed by atoms with Crippen LogP contribution >= 0.6 is 0 Å². The van der Waals surface area contributed by atoms with E-state index in [9.17, 15) is 14.4 Å². The number of hydrogen-bond donors (Lipinski definition) is 2. The Bertz CT molecular complexity index is 590. The molecule has 0 radical (unpaired) electrons. The van der Waals surface area contributed by atoms with Gasteiger partial charge in [0, 0.05) is 25.3 Å². The number of amides is 1. The molecule has 2 aliphatic heterocycles. The van der Waals surface area contributed by atoms with E-state index in [2.05, 4.69) is 18.3 Å². The van der Waals surface area contributed by atoms with Crippen LogP contribution in [0.5, 0.6) is 0 Å². The summed E-state index contributed by atoms with van der Waals surface area (Å²) >= 11 is 0. The van der Waals surface area contributed by atoms with Crippen LogP contribution in [0.1, 0.15) is 77.6 Å². The van der Waals surface area contributed by atoms with Crippen molar-refractivity contribution in [3.63, 3.8) is 0 Å². The molecule has 2 heterocycles. The van der Waals surface area contributed by atoms with Gasteiger partial charge < -0.3 is 19.9 Å². The number of hydrogen-bond acceptors (Lipinski definition) is 5. The molecule has 0 aromatic rings. The summed E-state index contributed by atoms with van der Waals surface area (Å²) in [4.78, 5) is 34.3. The molecule has 4 atom stereocenters. The lowest BCUT2D eigenvalue weighted by molar-refractivity contribution is -0.148. The molecular formula is C23H37NO6. The summed E-state index contributed by atoms with van der Waals surface area (Å²) in [6.45, 7) is 2.43. The third kappa shape index (κ3) is 8.46. The molecule has 2 rings (SSSR count). The van der Waals surface area contributed by atoms with Crippen LogP contribution in [0.15, 0.2) is 12.2 Å². The number of carboxylic acids is 1. The summed E-state index contributed by atoms with van der Waals surface area (Å²) in [5, 5.41) is 11.6. The Hall–Kier alpha value is -1.89. The monoisotopic (exact) mass is 423 g/mol. The lowest BCUT2D eigenvalue weighted by Gasteiger charge is -2.27. The third-order valence-electron chi connectivity index (χ3n) is 6.06. The normalized spacial score (nSPS) is 25.0. The fraction of sp³-hybridized carbons (Fsp3) is 0.783. The molecule has 2 bridgehead atoms.